The van der Waals surface area contributed by atoms with Crippen LogP contribution >= 0.6 is 0 Å². The number of nitrogens with zero attached hydrogens (tertiary/aromatic N) is 2. The summed E-state index contributed by atoms with van der Waals surface area (Å²) in [5, 5.41) is 8.71. The molecule has 0 aromatic carbocycles. The minimum absolute atomic E-state index is 0.00167. The molecule has 0 rings (SSSR count). The zero-order valence-corrected chi connectivity index (χ0v) is 9.52. The zero-order chi connectivity index (χ0) is 11.8. The van der Waals surface area contributed by atoms with E-state index in [1.807, 2.05) is 14.1 Å². The van der Waals surface area contributed by atoms with Crippen molar-refractivity contribution < 1.29 is 9.53 Å². The summed E-state index contributed by atoms with van der Waals surface area (Å²) in [6.07, 6.45) is 4.58. The molecule has 0 bridgehead atoms. The molecule has 0 N–H and O–H groups in total. The smallest absolute Gasteiger partial charge is 0.349 e. The van der Waals surface area contributed by atoms with Gasteiger partial charge in [0.1, 0.15) is 11.6 Å². The molecule has 0 spiro atoms. The Hall–Kier alpha value is -1.76. The van der Waals surface area contributed by atoms with Crippen LogP contribution in [0.4, 0.5) is 0 Å². The van der Waals surface area contributed by atoms with Gasteiger partial charge in [-0.1, -0.05) is 0 Å². The molecule has 0 aromatic rings. The van der Waals surface area contributed by atoms with Gasteiger partial charge in [0.05, 0.1) is 6.10 Å². The van der Waals surface area contributed by atoms with Crippen LogP contribution in [0.1, 0.15) is 13.8 Å². The molecular formula is C11H16N2O2. The first-order valence-corrected chi connectivity index (χ1v) is 4.63. The van der Waals surface area contributed by atoms with Crippen LogP contribution < -0.4 is 0 Å². The van der Waals surface area contributed by atoms with Crippen LogP contribution in [0.2, 0.25) is 0 Å². The molecule has 4 nitrogen and oxygen atoms in total. The Morgan fingerprint density at radius 3 is 2.47 bits per heavy atom. The number of allylic oxidation sites excluding steroid dienone is 2. The van der Waals surface area contributed by atoms with Crippen molar-refractivity contribution in [2.75, 3.05) is 14.1 Å². The van der Waals surface area contributed by atoms with E-state index in [1.54, 1.807) is 37.1 Å². The van der Waals surface area contributed by atoms with Gasteiger partial charge in [-0.2, -0.15) is 5.26 Å². The normalized spacial score (nSPS) is 11.6. The van der Waals surface area contributed by atoms with Crippen LogP contribution in [0.5, 0.6) is 0 Å². The fourth-order valence-corrected chi connectivity index (χ4v) is 0.740. The fourth-order valence-electron chi connectivity index (χ4n) is 0.740. The number of rotatable bonds is 4. The van der Waals surface area contributed by atoms with E-state index < -0.39 is 5.97 Å². The molecule has 0 atom stereocenters. The van der Waals surface area contributed by atoms with Gasteiger partial charge in [0.15, 0.2) is 0 Å². The van der Waals surface area contributed by atoms with E-state index in [-0.39, 0.29) is 11.7 Å². The number of esters is 1. The zero-order valence-electron chi connectivity index (χ0n) is 9.52. The van der Waals surface area contributed by atoms with E-state index in [2.05, 4.69) is 0 Å². The van der Waals surface area contributed by atoms with Gasteiger partial charge < -0.3 is 9.64 Å². The molecule has 0 aliphatic heterocycles. The Balaban J connectivity index is 4.50. The number of hydrogen-bond donors (Lipinski definition) is 0. The quantitative estimate of drug-likeness (QED) is 0.304. The monoisotopic (exact) mass is 208 g/mol. The summed E-state index contributed by atoms with van der Waals surface area (Å²) in [6, 6.07) is 1.80. The minimum Gasteiger partial charge on any atom is -0.459 e. The SMILES string of the molecule is CC(C)OC(=O)/C(C#N)=C/C=C/N(C)C. The third-order valence-corrected chi connectivity index (χ3v) is 1.33. The summed E-state index contributed by atoms with van der Waals surface area (Å²) in [4.78, 5) is 13.1. The Morgan fingerprint density at radius 2 is 2.07 bits per heavy atom. The topological polar surface area (TPSA) is 53.3 Å². The highest BCUT2D eigenvalue weighted by atomic mass is 16.5. The van der Waals surface area contributed by atoms with Gasteiger partial charge in [0.2, 0.25) is 0 Å². The highest BCUT2D eigenvalue weighted by molar-refractivity contribution is 5.93. The summed E-state index contributed by atoms with van der Waals surface area (Å²) < 4.78 is 4.88. The fraction of sp³-hybridized carbons (Fsp3) is 0.455. The Labute approximate surface area is 90.4 Å². The lowest BCUT2D eigenvalue weighted by atomic mass is 10.2. The lowest BCUT2D eigenvalue weighted by Crippen LogP contribution is -2.12. The predicted octanol–water partition coefficient (Wildman–Crippen LogP) is 1.46. The molecule has 0 aromatic heterocycles. The first kappa shape index (κ1) is 13.2. The van der Waals surface area contributed by atoms with Crippen molar-refractivity contribution in [3.05, 3.63) is 23.9 Å². The van der Waals surface area contributed by atoms with Crippen molar-refractivity contribution in [1.29, 1.82) is 5.26 Å². The lowest BCUT2D eigenvalue weighted by molar-refractivity contribution is -0.142. The maximum Gasteiger partial charge on any atom is 0.349 e. The molecular weight excluding hydrogens is 192 g/mol. The van der Waals surface area contributed by atoms with Crippen molar-refractivity contribution in [2.45, 2.75) is 20.0 Å². The second-order valence-electron chi connectivity index (χ2n) is 3.45. The maximum atomic E-state index is 11.3. The number of nitriles is 1. The highest BCUT2D eigenvalue weighted by Gasteiger charge is 2.10. The first-order chi connectivity index (χ1) is 6.97. The Kier molecular flexibility index (Phi) is 5.88. The van der Waals surface area contributed by atoms with Crippen LogP contribution in [0, 0.1) is 11.3 Å². The highest BCUT2D eigenvalue weighted by Crippen LogP contribution is 2.00. The van der Waals surface area contributed by atoms with E-state index in [9.17, 15) is 4.79 Å². The average Bonchev–Trinajstić information content (AvgIpc) is 2.10. The molecule has 0 amide bonds. The van der Waals surface area contributed by atoms with Crippen molar-refractivity contribution in [3.8, 4) is 6.07 Å². The van der Waals surface area contributed by atoms with Crippen molar-refractivity contribution in [3.63, 3.8) is 0 Å². The molecule has 15 heavy (non-hydrogen) atoms. The number of carbonyl (C=O) groups is 1. The van der Waals surface area contributed by atoms with Gasteiger partial charge in [-0.05, 0) is 32.2 Å². The van der Waals surface area contributed by atoms with E-state index in [4.69, 9.17) is 10.00 Å². The molecule has 0 saturated heterocycles. The van der Waals surface area contributed by atoms with Crippen molar-refractivity contribution in [2.24, 2.45) is 0 Å². The van der Waals surface area contributed by atoms with E-state index >= 15 is 0 Å². The van der Waals surface area contributed by atoms with Crippen LogP contribution in [0.3, 0.4) is 0 Å². The molecule has 0 fully saturated rings. The van der Waals surface area contributed by atoms with Gasteiger partial charge in [0.25, 0.3) is 0 Å². The number of hydrogen-bond acceptors (Lipinski definition) is 4. The molecule has 0 saturated carbocycles. The Morgan fingerprint density at radius 1 is 1.47 bits per heavy atom. The van der Waals surface area contributed by atoms with Crippen LogP contribution in [-0.4, -0.2) is 31.1 Å². The molecule has 82 valence electrons. The van der Waals surface area contributed by atoms with Gasteiger partial charge in [-0.15, -0.1) is 0 Å². The first-order valence-electron chi connectivity index (χ1n) is 4.63. The molecule has 4 heteroatoms. The summed E-state index contributed by atoms with van der Waals surface area (Å²) in [5.74, 6) is -0.587. The average molecular weight is 208 g/mol. The largest absolute Gasteiger partial charge is 0.459 e. The standard InChI is InChI=1S/C11H16N2O2/c1-9(2)15-11(14)10(8-12)6-5-7-13(3)4/h5-7,9H,1-4H3/b7-5+,10-6+. The summed E-state index contributed by atoms with van der Waals surface area (Å²) in [6.45, 7) is 3.48. The van der Waals surface area contributed by atoms with Gasteiger partial charge >= 0.3 is 5.97 Å². The molecule has 0 aliphatic rings. The third-order valence-electron chi connectivity index (χ3n) is 1.33. The van der Waals surface area contributed by atoms with E-state index in [1.165, 1.54) is 6.08 Å². The van der Waals surface area contributed by atoms with Gasteiger partial charge in [-0.25, -0.2) is 4.79 Å². The van der Waals surface area contributed by atoms with Crippen molar-refractivity contribution >= 4 is 5.97 Å². The molecule has 0 unspecified atom stereocenters. The van der Waals surface area contributed by atoms with Crippen LogP contribution in [-0.2, 0) is 9.53 Å². The predicted molar refractivity (Wildman–Crippen MR) is 57.8 cm³/mol. The minimum atomic E-state index is -0.587. The molecule has 0 aliphatic carbocycles. The maximum absolute atomic E-state index is 11.3. The third kappa shape index (κ3) is 6.33. The summed E-state index contributed by atoms with van der Waals surface area (Å²) >= 11 is 0. The molecule has 0 radical (unpaired) electrons. The van der Waals surface area contributed by atoms with Crippen LogP contribution in [0.25, 0.3) is 0 Å². The second-order valence-corrected chi connectivity index (χ2v) is 3.45. The second kappa shape index (κ2) is 6.66. The number of carbonyl (C=O) groups excluding carboxylic acids is 1. The molecule has 0 heterocycles. The van der Waals surface area contributed by atoms with E-state index in [0.29, 0.717) is 0 Å². The Bertz CT molecular complexity index is 309. The van der Waals surface area contributed by atoms with Crippen LogP contribution in [0.15, 0.2) is 23.9 Å². The lowest BCUT2D eigenvalue weighted by Gasteiger charge is -2.06. The summed E-state index contributed by atoms with van der Waals surface area (Å²) in [7, 11) is 3.70. The number of ether oxygens (including phenoxy) is 1. The van der Waals surface area contributed by atoms with E-state index in [0.717, 1.165) is 0 Å². The van der Waals surface area contributed by atoms with Gasteiger partial charge in [0, 0.05) is 14.1 Å². The van der Waals surface area contributed by atoms with Gasteiger partial charge in [-0.3, -0.25) is 0 Å². The van der Waals surface area contributed by atoms with Crippen molar-refractivity contribution in [1.82, 2.24) is 4.90 Å². The summed E-state index contributed by atoms with van der Waals surface area (Å²) in [5.41, 5.74) is 0.00167.